The zero-order chi connectivity index (χ0) is 13.2. The molecule has 3 aromatic rings. The lowest BCUT2D eigenvalue weighted by Gasteiger charge is -2.03. The van der Waals surface area contributed by atoms with E-state index >= 15 is 0 Å². The van der Waals surface area contributed by atoms with Gasteiger partial charge >= 0.3 is 5.97 Å². The third-order valence-corrected chi connectivity index (χ3v) is 3.10. The van der Waals surface area contributed by atoms with Crippen LogP contribution in [0.5, 0.6) is 0 Å². The van der Waals surface area contributed by atoms with Crippen molar-refractivity contribution in [2.24, 2.45) is 0 Å². The number of para-hydroxylation sites is 1. The first kappa shape index (κ1) is 11.9. The fourth-order valence-corrected chi connectivity index (χ4v) is 1.90. The Hall–Kier alpha value is -2.21. The maximum absolute atomic E-state index is 11.9. The second-order valence-electron chi connectivity index (χ2n) is 3.84. The van der Waals surface area contributed by atoms with E-state index in [9.17, 15) is 4.79 Å². The van der Waals surface area contributed by atoms with Crippen LogP contribution >= 0.6 is 15.9 Å². The highest BCUT2D eigenvalue weighted by Crippen LogP contribution is 2.12. The number of halogens is 1. The first-order valence-electron chi connectivity index (χ1n) is 5.53. The van der Waals surface area contributed by atoms with Crippen LogP contribution in [0.2, 0.25) is 0 Å². The molecule has 0 radical (unpaired) electrons. The topological polar surface area (TPSA) is 57.0 Å². The smallest absolute Gasteiger partial charge is 0.312 e. The van der Waals surface area contributed by atoms with Crippen molar-refractivity contribution in [3.05, 3.63) is 58.6 Å². The first-order valence-corrected chi connectivity index (χ1v) is 6.32. The lowest BCUT2D eigenvalue weighted by molar-refractivity contribution is 0.0409. The maximum atomic E-state index is 11.9. The molecule has 0 aliphatic rings. The SMILES string of the molecule is O=C(On1nnc2ccccc21)c1ccc(Br)cc1. The summed E-state index contributed by atoms with van der Waals surface area (Å²) in [6.07, 6.45) is 0. The Labute approximate surface area is 116 Å². The van der Waals surface area contributed by atoms with Crippen molar-refractivity contribution in [1.29, 1.82) is 0 Å². The zero-order valence-corrected chi connectivity index (χ0v) is 11.2. The van der Waals surface area contributed by atoms with Gasteiger partial charge in [-0.05, 0) is 41.6 Å². The van der Waals surface area contributed by atoms with Gasteiger partial charge in [0.25, 0.3) is 0 Å². The van der Waals surface area contributed by atoms with Gasteiger partial charge in [0.05, 0.1) is 5.56 Å². The molecule has 0 amide bonds. The number of hydrogen-bond acceptors (Lipinski definition) is 4. The van der Waals surface area contributed by atoms with Gasteiger partial charge in [-0.25, -0.2) is 4.79 Å². The Morgan fingerprint density at radius 2 is 1.84 bits per heavy atom. The summed E-state index contributed by atoms with van der Waals surface area (Å²) >= 11 is 3.31. The van der Waals surface area contributed by atoms with E-state index in [0.717, 1.165) is 9.32 Å². The van der Waals surface area contributed by atoms with Crippen molar-refractivity contribution in [1.82, 2.24) is 15.2 Å². The van der Waals surface area contributed by atoms with E-state index in [-0.39, 0.29) is 0 Å². The van der Waals surface area contributed by atoms with E-state index in [0.29, 0.717) is 16.6 Å². The number of fused-ring (bicyclic) bond motifs is 1. The standard InChI is InChI=1S/C13H8BrN3O2/c14-10-7-5-9(6-8-10)13(18)19-17-12-4-2-1-3-11(12)15-16-17/h1-8H. The predicted octanol–water partition coefficient (Wildman–Crippen LogP) is 2.46. The molecule has 0 aliphatic heterocycles. The molecule has 1 heterocycles. The average Bonchev–Trinajstić information content (AvgIpc) is 2.83. The van der Waals surface area contributed by atoms with Gasteiger partial charge in [0.15, 0.2) is 0 Å². The van der Waals surface area contributed by atoms with Crippen LogP contribution in [0.25, 0.3) is 11.0 Å². The van der Waals surface area contributed by atoms with Gasteiger partial charge in [0.2, 0.25) is 0 Å². The molecule has 0 saturated carbocycles. The second-order valence-corrected chi connectivity index (χ2v) is 4.75. The monoisotopic (exact) mass is 317 g/mol. The summed E-state index contributed by atoms with van der Waals surface area (Å²) in [5.41, 5.74) is 1.77. The predicted molar refractivity (Wildman–Crippen MR) is 72.6 cm³/mol. The summed E-state index contributed by atoms with van der Waals surface area (Å²) < 4.78 is 0.898. The number of carbonyl (C=O) groups is 1. The van der Waals surface area contributed by atoms with Crippen molar-refractivity contribution < 1.29 is 9.63 Å². The second kappa shape index (κ2) is 4.81. The molecular weight excluding hydrogens is 310 g/mol. The molecular formula is C13H8BrN3O2. The van der Waals surface area contributed by atoms with Crippen molar-refractivity contribution >= 4 is 32.9 Å². The highest BCUT2D eigenvalue weighted by atomic mass is 79.9. The normalized spacial score (nSPS) is 10.6. The van der Waals surface area contributed by atoms with Gasteiger partial charge in [-0.3, -0.25) is 0 Å². The molecule has 0 N–H and O–H groups in total. The van der Waals surface area contributed by atoms with E-state index in [1.165, 1.54) is 0 Å². The molecule has 3 rings (SSSR count). The van der Waals surface area contributed by atoms with Gasteiger partial charge in [0, 0.05) is 4.47 Å². The summed E-state index contributed by atoms with van der Waals surface area (Å²) in [6.45, 7) is 0. The number of hydrogen-bond donors (Lipinski definition) is 0. The lowest BCUT2D eigenvalue weighted by atomic mass is 10.2. The molecule has 19 heavy (non-hydrogen) atoms. The largest absolute Gasteiger partial charge is 0.365 e. The third kappa shape index (κ3) is 2.34. The van der Waals surface area contributed by atoms with Crippen molar-refractivity contribution in [3.63, 3.8) is 0 Å². The van der Waals surface area contributed by atoms with Crippen LogP contribution < -0.4 is 4.84 Å². The highest BCUT2D eigenvalue weighted by Gasteiger charge is 2.11. The highest BCUT2D eigenvalue weighted by molar-refractivity contribution is 9.10. The summed E-state index contributed by atoms with van der Waals surface area (Å²) in [4.78, 5) is 18.2. The quantitative estimate of drug-likeness (QED) is 0.681. The molecule has 94 valence electrons. The van der Waals surface area contributed by atoms with Crippen LogP contribution in [0.4, 0.5) is 0 Å². The fourth-order valence-electron chi connectivity index (χ4n) is 1.63. The first-order chi connectivity index (χ1) is 9.24. The number of nitrogens with zero attached hydrogens (tertiary/aromatic N) is 3. The lowest BCUT2D eigenvalue weighted by Crippen LogP contribution is -2.20. The van der Waals surface area contributed by atoms with E-state index < -0.39 is 5.97 Å². The summed E-state index contributed by atoms with van der Waals surface area (Å²) in [6, 6.07) is 14.1. The van der Waals surface area contributed by atoms with Crippen molar-refractivity contribution in [2.45, 2.75) is 0 Å². The minimum absolute atomic E-state index is 0.447. The molecule has 0 aliphatic carbocycles. The molecule has 1 aromatic heterocycles. The van der Waals surface area contributed by atoms with Crippen LogP contribution in [-0.2, 0) is 0 Å². The molecule has 0 bridgehead atoms. The van der Waals surface area contributed by atoms with E-state index in [2.05, 4.69) is 26.2 Å². The Kier molecular flexibility index (Phi) is 3.00. The Bertz CT molecular complexity index is 737. The Balaban J connectivity index is 1.89. The Morgan fingerprint density at radius 1 is 1.11 bits per heavy atom. The number of carbonyl (C=O) groups excluding carboxylic acids is 1. The molecule has 2 aromatic carbocycles. The van der Waals surface area contributed by atoms with E-state index in [1.807, 2.05) is 12.1 Å². The number of aromatic nitrogens is 3. The summed E-state index contributed by atoms with van der Waals surface area (Å²) in [5, 5.41) is 7.70. The minimum atomic E-state index is -0.483. The molecule has 0 saturated heterocycles. The maximum Gasteiger partial charge on any atom is 0.365 e. The van der Waals surface area contributed by atoms with Crippen molar-refractivity contribution in [3.8, 4) is 0 Å². The van der Waals surface area contributed by atoms with Crippen LogP contribution in [0, 0.1) is 0 Å². The molecule has 6 heteroatoms. The van der Waals surface area contributed by atoms with Gasteiger partial charge in [-0.2, -0.15) is 0 Å². The number of rotatable bonds is 2. The van der Waals surface area contributed by atoms with E-state index in [1.54, 1.807) is 36.4 Å². The molecule has 5 nitrogen and oxygen atoms in total. The van der Waals surface area contributed by atoms with Crippen LogP contribution in [0.15, 0.2) is 53.0 Å². The van der Waals surface area contributed by atoms with Crippen LogP contribution in [0.3, 0.4) is 0 Å². The van der Waals surface area contributed by atoms with Crippen molar-refractivity contribution in [2.75, 3.05) is 0 Å². The van der Waals surface area contributed by atoms with Crippen LogP contribution in [0.1, 0.15) is 10.4 Å². The minimum Gasteiger partial charge on any atom is -0.312 e. The zero-order valence-electron chi connectivity index (χ0n) is 9.65. The fraction of sp³-hybridized carbons (Fsp3) is 0. The van der Waals surface area contributed by atoms with E-state index in [4.69, 9.17) is 4.84 Å². The molecule has 0 fully saturated rings. The third-order valence-electron chi connectivity index (χ3n) is 2.57. The van der Waals surface area contributed by atoms with Gasteiger partial charge in [-0.15, -0.1) is 5.10 Å². The average molecular weight is 318 g/mol. The number of benzene rings is 2. The van der Waals surface area contributed by atoms with Gasteiger partial charge in [0.1, 0.15) is 11.0 Å². The van der Waals surface area contributed by atoms with Gasteiger partial charge in [-0.1, -0.05) is 32.9 Å². The summed E-state index contributed by atoms with van der Waals surface area (Å²) in [7, 11) is 0. The molecule has 0 spiro atoms. The molecule has 0 atom stereocenters. The summed E-state index contributed by atoms with van der Waals surface area (Å²) in [5.74, 6) is -0.483. The molecule has 0 unspecified atom stereocenters. The van der Waals surface area contributed by atoms with Gasteiger partial charge < -0.3 is 4.84 Å². The van der Waals surface area contributed by atoms with Crippen LogP contribution in [-0.4, -0.2) is 21.1 Å². The Morgan fingerprint density at radius 3 is 2.63 bits per heavy atom.